The molecule has 1 aliphatic rings. The van der Waals surface area contributed by atoms with Crippen LogP contribution in [0.1, 0.15) is 65.6 Å². The average molecular weight is 998 g/mol. The maximum absolute atomic E-state index is 14.1. The van der Waals surface area contributed by atoms with Gasteiger partial charge >= 0.3 is 12.0 Å². The average Bonchev–Trinajstić information content (AvgIpc) is 3.35. The van der Waals surface area contributed by atoms with Crippen molar-refractivity contribution < 1.29 is 56.4 Å². The highest BCUT2D eigenvalue weighted by Crippen LogP contribution is 2.14. The molecule has 5 rings (SSSR count). The number of carboxylic acid groups (broad SMARTS) is 1. The van der Waals surface area contributed by atoms with Crippen LogP contribution in [0.2, 0.25) is 0 Å². The lowest BCUT2D eigenvalue weighted by atomic mass is 10.0. The quantitative estimate of drug-likeness (QED) is 0.0252. The Hall–Kier alpha value is -8.25. The normalized spacial score (nSPS) is 18.0. The fraction of sp³-hybridized carbons (Fsp3) is 0.319. The number of aliphatic carboxylic acids is 1. The maximum atomic E-state index is 14.1. The SMILES string of the molecule is O=C(O)C[C@@H]1NC(=O)CNC(=O)[C@H](CCCNC(=O)NCc2ccccc2)NC(=O)[C@H](CCCCNC(=O)c2ccc(N/N=C/c3ccccc3S(=O)(=O)O)nc2)NC(=O)[C@@H](Cc2ccccc2)NC1=O. The van der Waals surface area contributed by atoms with Crippen LogP contribution in [0.25, 0.3) is 0 Å². The summed E-state index contributed by atoms with van der Waals surface area (Å²) in [5, 5.41) is 34.3. The topological polar surface area (TPSA) is 345 Å². The number of benzene rings is 3. The van der Waals surface area contributed by atoms with Crippen LogP contribution in [0.5, 0.6) is 0 Å². The number of hydrazone groups is 1. The summed E-state index contributed by atoms with van der Waals surface area (Å²) in [7, 11) is -4.49. The minimum Gasteiger partial charge on any atom is -0.481 e. The number of amides is 8. The van der Waals surface area contributed by atoms with E-state index in [9.17, 15) is 56.4 Å². The number of pyridine rings is 1. The molecule has 0 spiro atoms. The lowest BCUT2D eigenvalue weighted by Crippen LogP contribution is -2.58. The number of nitrogens with zero attached hydrogens (tertiary/aromatic N) is 2. The van der Waals surface area contributed by atoms with Crippen molar-refractivity contribution in [2.45, 2.75) is 80.6 Å². The first-order valence-corrected chi connectivity index (χ1v) is 23.9. The Balaban J connectivity index is 1.25. The highest BCUT2D eigenvalue weighted by atomic mass is 32.2. The van der Waals surface area contributed by atoms with Crippen LogP contribution in [0, 0.1) is 0 Å². The van der Waals surface area contributed by atoms with Gasteiger partial charge < -0.3 is 47.6 Å². The van der Waals surface area contributed by atoms with Crippen LogP contribution < -0.4 is 48.0 Å². The summed E-state index contributed by atoms with van der Waals surface area (Å²) in [5.41, 5.74) is 4.40. The number of carboxylic acids is 1. The third kappa shape index (κ3) is 18.3. The summed E-state index contributed by atoms with van der Waals surface area (Å²) in [6.45, 7) is -0.228. The zero-order valence-corrected chi connectivity index (χ0v) is 39.1. The number of hydrogen-bond donors (Lipinski definition) is 11. The van der Waals surface area contributed by atoms with Gasteiger partial charge in [0, 0.05) is 37.8 Å². The Labute approximate surface area is 408 Å². The van der Waals surface area contributed by atoms with Crippen molar-refractivity contribution in [3.8, 4) is 0 Å². The third-order valence-corrected chi connectivity index (χ3v) is 11.6. The first kappa shape index (κ1) is 53.7. The Bertz CT molecular complexity index is 2640. The van der Waals surface area contributed by atoms with Gasteiger partial charge in [-0.05, 0) is 61.4 Å². The zero-order chi connectivity index (χ0) is 51.2. The molecule has 24 heteroatoms. The number of aromatic nitrogens is 1. The number of rotatable bonds is 20. The van der Waals surface area contributed by atoms with Gasteiger partial charge in [0.1, 0.15) is 34.9 Å². The van der Waals surface area contributed by atoms with Crippen LogP contribution in [0.4, 0.5) is 10.6 Å². The van der Waals surface area contributed by atoms with Crippen LogP contribution in [-0.4, -0.2) is 121 Å². The second-order valence-corrected chi connectivity index (χ2v) is 17.5. The molecule has 376 valence electrons. The minimum atomic E-state index is -4.49. The fourth-order valence-electron chi connectivity index (χ4n) is 7.04. The number of anilines is 1. The first-order chi connectivity index (χ1) is 34.0. The molecule has 0 aliphatic carbocycles. The van der Waals surface area contributed by atoms with E-state index in [-0.39, 0.29) is 73.6 Å². The molecule has 3 aromatic carbocycles. The van der Waals surface area contributed by atoms with E-state index in [2.05, 4.69) is 58.0 Å². The Morgan fingerprint density at radius 2 is 1.28 bits per heavy atom. The molecule has 4 aromatic rings. The summed E-state index contributed by atoms with van der Waals surface area (Å²) in [6.07, 6.45) is 2.18. The largest absolute Gasteiger partial charge is 0.481 e. The maximum Gasteiger partial charge on any atom is 0.315 e. The molecule has 71 heavy (non-hydrogen) atoms. The van der Waals surface area contributed by atoms with E-state index in [4.69, 9.17) is 0 Å². The van der Waals surface area contributed by atoms with E-state index in [1.807, 2.05) is 30.3 Å². The summed E-state index contributed by atoms with van der Waals surface area (Å²) in [5.74, 6) is -6.02. The molecule has 8 amide bonds. The lowest BCUT2D eigenvalue weighted by Gasteiger charge is -2.26. The molecule has 1 saturated heterocycles. The van der Waals surface area contributed by atoms with E-state index in [1.165, 1.54) is 42.7 Å². The predicted octanol–water partition coefficient (Wildman–Crippen LogP) is 0.740. The Morgan fingerprint density at radius 1 is 0.676 bits per heavy atom. The molecule has 0 saturated carbocycles. The third-order valence-electron chi connectivity index (χ3n) is 10.7. The van der Waals surface area contributed by atoms with Gasteiger partial charge in [-0.3, -0.25) is 43.5 Å². The van der Waals surface area contributed by atoms with E-state index >= 15 is 0 Å². The summed E-state index contributed by atoms with van der Waals surface area (Å²) < 4.78 is 32.7. The molecular weight excluding hydrogens is 943 g/mol. The standard InChI is InChI=1S/C47H55N11O12S/c59-40-29-51-43(63)34(18-11-23-49-47(67)52-26-31-14-5-2-6-15-31)55-44(64)35(56-45(65)36(24-30-12-3-1-4-13-30)57-46(66)37(54-40)25-41(60)61)17-9-10-22-48-42(62)33-20-21-39(50-27-33)58-53-28-32-16-7-8-19-38(32)71(68,69)70/h1-8,12-16,19-21,27-28,34-37H,9-11,17-18,22-26,29H2,(H,48,62)(H,50,58)(H,51,63)(H,54,59)(H,55,64)(H,56,65)(H,57,66)(H,60,61)(H2,49,52,67)(H,68,69,70)/b53-28+/t34-,35-,36+,37-/m0/s1. The molecule has 0 bridgehead atoms. The van der Waals surface area contributed by atoms with Crippen LogP contribution in [0.15, 0.2) is 113 Å². The molecule has 1 aromatic heterocycles. The minimum absolute atomic E-state index is 0.0181. The summed E-state index contributed by atoms with van der Waals surface area (Å²) in [6, 6.07) is 20.3. The lowest BCUT2D eigenvalue weighted by molar-refractivity contribution is -0.141. The molecule has 1 aliphatic heterocycles. The van der Waals surface area contributed by atoms with Crippen molar-refractivity contribution in [2.75, 3.05) is 25.1 Å². The molecular formula is C47H55N11O12S. The van der Waals surface area contributed by atoms with Crippen molar-refractivity contribution >= 4 is 69.6 Å². The van der Waals surface area contributed by atoms with E-state index in [0.29, 0.717) is 12.0 Å². The van der Waals surface area contributed by atoms with E-state index in [0.717, 1.165) is 5.56 Å². The zero-order valence-electron chi connectivity index (χ0n) is 38.3. The van der Waals surface area contributed by atoms with E-state index < -0.39 is 94.7 Å². The Kier molecular flexibility index (Phi) is 20.5. The van der Waals surface area contributed by atoms with Crippen molar-refractivity contribution in [1.29, 1.82) is 0 Å². The molecule has 4 atom stereocenters. The van der Waals surface area contributed by atoms with Gasteiger partial charge in [-0.1, -0.05) is 78.9 Å². The van der Waals surface area contributed by atoms with Crippen molar-refractivity contribution in [1.82, 2.24) is 47.5 Å². The molecule has 23 nitrogen and oxygen atoms in total. The monoisotopic (exact) mass is 997 g/mol. The van der Waals surface area contributed by atoms with Crippen LogP contribution in [-0.2, 0) is 51.9 Å². The molecule has 2 heterocycles. The highest BCUT2D eigenvalue weighted by Gasteiger charge is 2.33. The number of carbonyl (C=O) groups is 8. The number of carbonyl (C=O) groups excluding carboxylic acids is 7. The van der Waals surface area contributed by atoms with Crippen LogP contribution >= 0.6 is 0 Å². The first-order valence-electron chi connectivity index (χ1n) is 22.4. The van der Waals surface area contributed by atoms with Crippen molar-refractivity contribution in [2.24, 2.45) is 5.10 Å². The number of unbranched alkanes of at least 4 members (excludes halogenated alkanes) is 1. The van der Waals surface area contributed by atoms with Gasteiger partial charge in [0.25, 0.3) is 16.0 Å². The molecule has 11 N–H and O–H groups in total. The molecule has 1 fully saturated rings. The van der Waals surface area contributed by atoms with Gasteiger partial charge in [-0.2, -0.15) is 13.5 Å². The molecule has 0 unspecified atom stereocenters. The fourth-order valence-corrected chi connectivity index (χ4v) is 7.71. The van der Waals surface area contributed by atoms with Gasteiger partial charge in [0.2, 0.25) is 29.5 Å². The summed E-state index contributed by atoms with van der Waals surface area (Å²) in [4.78, 5) is 109. The second-order valence-electron chi connectivity index (χ2n) is 16.1. The van der Waals surface area contributed by atoms with Crippen molar-refractivity contribution in [3.05, 3.63) is 126 Å². The van der Waals surface area contributed by atoms with Gasteiger partial charge in [0.15, 0.2) is 0 Å². The number of hydrogen-bond acceptors (Lipinski definition) is 13. The highest BCUT2D eigenvalue weighted by molar-refractivity contribution is 7.86. The second kappa shape index (κ2) is 27.1. The smallest absolute Gasteiger partial charge is 0.315 e. The van der Waals surface area contributed by atoms with Gasteiger partial charge in [0.05, 0.1) is 24.7 Å². The summed E-state index contributed by atoms with van der Waals surface area (Å²) >= 11 is 0. The van der Waals surface area contributed by atoms with Crippen LogP contribution in [0.3, 0.4) is 0 Å². The van der Waals surface area contributed by atoms with Gasteiger partial charge in [-0.25, -0.2) is 9.78 Å². The van der Waals surface area contributed by atoms with Gasteiger partial charge in [-0.15, -0.1) is 0 Å². The predicted molar refractivity (Wildman–Crippen MR) is 257 cm³/mol. The number of urea groups is 1. The van der Waals surface area contributed by atoms with Crippen molar-refractivity contribution in [3.63, 3.8) is 0 Å². The number of nitrogens with one attached hydrogen (secondary N) is 9. The van der Waals surface area contributed by atoms with E-state index in [1.54, 1.807) is 36.4 Å². The Morgan fingerprint density at radius 3 is 1.96 bits per heavy atom. The molecule has 0 radical (unpaired) electrons.